The molecule has 0 aliphatic heterocycles. The molecule has 0 N–H and O–H groups in total. The van der Waals surface area contributed by atoms with Crippen LogP contribution in [0, 0.1) is 11.3 Å². The van der Waals surface area contributed by atoms with Crippen LogP contribution in [-0.2, 0) is 19.4 Å². The van der Waals surface area contributed by atoms with Gasteiger partial charge in [-0.15, -0.1) is 11.6 Å². The maximum absolute atomic E-state index is 8.62. The molecule has 3 nitrogen and oxygen atoms in total. The molecule has 0 aromatic carbocycles. The summed E-state index contributed by atoms with van der Waals surface area (Å²) < 4.78 is 2.02. The SMILES string of the molecule is N#CC(Cl)Cn1cnc2c1CCCC2. The number of alkyl halides is 1. The first-order chi connectivity index (χ1) is 6.81. The van der Waals surface area contributed by atoms with Gasteiger partial charge in [-0.1, -0.05) is 0 Å². The number of aromatic nitrogens is 2. The lowest BCUT2D eigenvalue weighted by Gasteiger charge is -2.13. The Labute approximate surface area is 88.3 Å². The van der Waals surface area contributed by atoms with Crippen LogP contribution in [0.4, 0.5) is 0 Å². The molecule has 1 aromatic rings. The first kappa shape index (κ1) is 9.54. The molecule has 0 saturated heterocycles. The van der Waals surface area contributed by atoms with E-state index in [0.29, 0.717) is 6.54 Å². The normalized spacial score (nSPS) is 17.1. The molecule has 2 rings (SSSR count). The zero-order valence-corrected chi connectivity index (χ0v) is 8.67. The summed E-state index contributed by atoms with van der Waals surface area (Å²) >= 11 is 5.79. The number of rotatable bonds is 2. The van der Waals surface area contributed by atoms with Crippen LogP contribution in [-0.4, -0.2) is 14.9 Å². The number of imidazole rings is 1. The average molecular weight is 210 g/mol. The van der Waals surface area contributed by atoms with E-state index in [9.17, 15) is 0 Å². The maximum atomic E-state index is 8.62. The molecule has 0 radical (unpaired) electrons. The number of nitriles is 1. The molecule has 74 valence electrons. The van der Waals surface area contributed by atoms with Crippen molar-refractivity contribution in [1.29, 1.82) is 5.26 Å². The fraction of sp³-hybridized carbons (Fsp3) is 0.600. The summed E-state index contributed by atoms with van der Waals surface area (Å²) in [6, 6.07) is 2.03. The standard InChI is InChI=1S/C10H12ClN3/c11-8(5-12)6-14-7-13-9-3-1-2-4-10(9)14/h7-8H,1-4,6H2. The quantitative estimate of drug-likeness (QED) is 0.699. The molecule has 4 heteroatoms. The maximum Gasteiger partial charge on any atom is 0.138 e. The fourth-order valence-corrected chi connectivity index (χ4v) is 2.05. The third-order valence-corrected chi connectivity index (χ3v) is 2.84. The summed E-state index contributed by atoms with van der Waals surface area (Å²) in [6.07, 6.45) is 6.40. The first-order valence-electron chi connectivity index (χ1n) is 4.88. The zero-order valence-electron chi connectivity index (χ0n) is 7.91. The molecule has 0 saturated carbocycles. The Morgan fingerprint density at radius 1 is 1.57 bits per heavy atom. The van der Waals surface area contributed by atoms with E-state index in [2.05, 4.69) is 4.98 Å². The van der Waals surface area contributed by atoms with Gasteiger partial charge in [-0.05, 0) is 25.7 Å². The van der Waals surface area contributed by atoms with Gasteiger partial charge < -0.3 is 4.57 Å². The van der Waals surface area contributed by atoms with Crippen LogP contribution in [0.2, 0.25) is 0 Å². The van der Waals surface area contributed by atoms with E-state index < -0.39 is 5.38 Å². The molecule has 14 heavy (non-hydrogen) atoms. The minimum Gasteiger partial charge on any atom is -0.332 e. The van der Waals surface area contributed by atoms with E-state index in [-0.39, 0.29) is 0 Å². The molecule has 1 unspecified atom stereocenters. The minimum atomic E-state index is -0.449. The van der Waals surface area contributed by atoms with Crippen molar-refractivity contribution in [2.45, 2.75) is 37.6 Å². The first-order valence-corrected chi connectivity index (χ1v) is 5.31. The van der Waals surface area contributed by atoms with Gasteiger partial charge in [0.1, 0.15) is 5.38 Å². The van der Waals surface area contributed by atoms with Crippen LogP contribution in [0.3, 0.4) is 0 Å². The molecule has 0 amide bonds. The van der Waals surface area contributed by atoms with Gasteiger partial charge >= 0.3 is 0 Å². The number of fused-ring (bicyclic) bond motifs is 1. The molecule has 1 aliphatic rings. The highest BCUT2D eigenvalue weighted by Crippen LogP contribution is 2.20. The van der Waals surface area contributed by atoms with Crippen molar-refractivity contribution in [2.75, 3.05) is 0 Å². The number of aryl methyl sites for hydroxylation is 1. The van der Waals surface area contributed by atoms with Gasteiger partial charge in [-0.25, -0.2) is 4.98 Å². The van der Waals surface area contributed by atoms with Crippen molar-refractivity contribution in [2.24, 2.45) is 0 Å². The van der Waals surface area contributed by atoms with E-state index >= 15 is 0 Å². The molecule has 0 spiro atoms. The number of hydrogen-bond acceptors (Lipinski definition) is 2. The van der Waals surface area contributed by atoms with Crippen molar-refractivity contribution in [3.63, 3.8) is 0 Å². The lowest BCUT2D eigenvalue weighted by Crippen LogP contribution is -2.13. The monoisotopic (exact) mass is 209 g/mol. The van der Waals surface area contributed by atoms with Gasteiger partial charge in [0.05, 0.1) is 24.6 Å². The van der Waals surface area contributed by atoms with E-state index in [4.69, 9.17) is 16.9 Å². The molecule has 0 fully saturated rings. The van der Waals surface area contributed by atoms with Crippen LogP contribution in [0.5, 0.6) is 0 Å². The molecular formula is C10H12ClN3. The van der Waals surface area contributed by atoms with Crippen LogP contribution >= 0.6 is 11.6 Å². The zero-order chi connectivity index (χ0) is 9.97. The molecular weight excluding hydrogens is 198 g/mol. The highest BCUT2D eigenvalue weighted by molar-refractivity contribution is 6.22. The topological polar surface area (TPSA) is 41.6 Å². The molecule has 1 aromatic heterocycles. The van der Waals surface area contributed by atoms with Crippen molar-refractivity contribution in [1.82, 2.24) is 9.55 Å². The van der Waals surface area contributed by atoms with Crippen molar-refractivity contribution >= 4 is 11.6 Å². The third-order valence-electron chi connectivity index (χ3n) is 2.61. The number of nitrogens with zero attached hydrogens (tertiary/aromatic N) is 3. The Morgan fingerprint density at radius 3 is 3.14 bits per heavy atom. The summed E-state index contributed by atoms with van der Waals surface area (Å²) in [7, 11) is 0. The lowest BCUT2D eigenvalue weighted by molar-refractivity contribution is 0.610. The van der Waals surface area contributed by atoms with Crippen LogP contribution in [0.25, 0.3) is 0 Å². The van der Waals surface area contributed by atoms with E-state index in [0.717, 1.165) is 12.8 Å². The smallest absolute Gasteiger partial charge is 0.138 e. The molecule has 1 aliphatic carbocycles. The summed E-state index contributed by atoms with van der Waals surface area (Å²) in [4.78, 5) is 4.34. The second-order valence-electron chi connectivity index (χ2n) is 3.59. The van der Waals surface area contributed by atoms with Crippen LogP contribution in [0.15, 0.2) is 6.33 Å². The molecule has 1 atom stereocenters. The largest absolute Gasteiger partial charge is 0.332 e. The Kier molecular flexibility index (Phi) is 2.74. The van der Waals surface area contributed by atoms with Gasteiger partial charge in [-0.2, -0.15) is 5.26 Å². The van der Waals surface area contributed by atoms with Gasteiger partial charge in [-0.3, -0.25) is 0 Å². The summed E-state index contributed by atoms with van der Waals surface area (Å²) in [5.41, 5.74) is 2.47. The second-order valence-corrected chi connectivity index (χ2v) is 4.12. The number of hydrogen-bond donors (Lipinski definition) is 0. The van der Waals surface area contributed by atoms with E-state index in [1.165, 1.54) is 24.2 Å². The molecule has 0 bridgehead atoms. The lowest BCUT2D eigenvalue weighted by atomic mass is 10.0. The molecule has 1 heterocycles. The van der Waals surface area contributed by atoms with Crippen molar-refractivity contribution in [3.8, 4) is 6.07 Å². The van der Waals surface area contributed by atoms with Crippen LogP contribution in [0.1, 0.15) is 24.2 Å². The third kappa shape index (κ3) is 1.76. The van der Waals surface area contributed by atoms with Crippen LogP contribution < -0.4 is 0 Å². The highest BCUT2D eigenvalue weighted by atomic mass is 35.5. The summed E-state index contributed by atoms with van der Waals surface area (Å²) in [5.74, 6) is 0. The predicted molar refractivity (Wildman–Crippen MR) is 54.1 cm³/mol. The highest BCUT2D eigenvalue weighted by Gasteiger charge is 2.16. The second kappa shape index (κ2) is 4.02. The average Bonchev–Trinajstić information content (AvgIpc) is 2.62. The van der Waals surface area contributed by atoms with Gasteiger partial charge in [0.25, 0.3) is 0 Å². The number of halogens is 1. The van der Waals surface area contributed by atoms with E-state index in [1.807, 2.05) is 17.0 Å². The van der Waals surface area contributed by atoms with Gasteiger partial charge in [0.15, 0.2) is 0 Å². The van der Waals surface area contributed by atoms with Crippen molar-refractivity contribution < 1.29 is 0 Å². The predicted octanol–water partition coefficient (Wildman–Crippen LogP) is 1.89. The Balaban J connectivity index is 2.19. The summed E-state index contributed by atoms with van der Waals surface area (Å²) in [5, 5.41) is 8.17. The summed E-state index contributed by atoms with van der Waals surface area (Å²) in [6.45, 7) is 0.556. The van der Waals surface area contributed by atoms with Gasteiger partial charge in [0, 0.05) is 5.69 Å². The van der Waals surface area contributed by atoms with Gasteiger partial charge in [0.2, 0.25) is 0 Å². The van der Waals surface area contributed by atoms with Crippen molar-refractivity contribution in [3.05, 3.63) is 17.7 Å². The minimum absolute atomic E-state index is 0.449. The fourth-order valence-electron chi connectivity index (χ4n) is 1.90. The Hall–Kier alpha value is -1.01. The Bertz CT molecular complexity index is 364. The van der Waals surface area contributed by atoms with E-state index in [1.54, 1.807) is 0 Å². The Morgan fingerprint density at radius 2 is 2.36 bits per heavy atom.